The molecule has 3 rings (SSSR count). The lowest BCUT2D eigenvalue weighted by Crippen LogP contribution is -1.84. The van der Waals surface area contributed by atoms with E-state index in [9.17, 15) is 0 Å². The average molecular weight is 255 g/mol. The highest BCUT2D eigenvalue weighted by atomic mass is 16.4. The lowest BCUT2D eigenvalue weighted by atomic mass is 10.1. The van der Waals surface area contributed by atoms with E-state index in [0.717, 1.165) is 46.6 Å². The number of aryl methyl sites for hydroxylation is 3. The van der Waals surface area contributed by atoms with E-state index in [2.05, 4.69) is 40.9 Å². The molecule has 0 aliphatic rings. The van der Waals surface area contributed by atoms with Crippen LogP contribution in [0.25, 0.3) is 22.5 Å². The Kier molecular flexibility index (Phi) is 2.85. The minimum atomic E-state index is 0.661. The largest absolute Gasteiger partial charge is 0.441 e. The molecule has 0 aliphatic carbocycles. The summed E-state index contributed by atoms with van der Waals surface area (Å²) in [5.74, 6) is 2.53. The predicted octanol–water partition coefficient (Wildman–Crippen LogP) is 3.79. The van der Waals surface area contributed by atoms with E-state index in [4.69, 9.17) is 4.42 Å². The van der Waals surface area contributed by atoms with Gasteiger partial charge in [-0.2, -0.15) is 0 Å². The van der Waals surface area contributed by atoms with Gasteiger partial charge in [-0.25, -0.2) is 9.97 Å². The summed E-state index contributed by atoms with van der Waals surface area (Å²) in [6, 6.07) is 4.13. The van der Waals surface area contributed by atoms with Crippen LogP contribution in [-0.2, 0) is 6.42 Å². The lowest BCUT2D eigenvalue weighted by molar-refractivity contribution is 0.542. The molecule has 0 spiro atoms. The number of rotatable bonds is 3. The Bertz CT molecular complexity index is 724. The van der Waals surface area contributed by atoms with E-state index in [-0.39, 0.29) is 0 Å². The number of nitrogens with zero attached hydrogens (tertiary/aromatic N) is 2. The van der Waals surface area contributed by atoms with Crippen molar-refractivity contribution >= 4 is 11.0 Å². The summed E-state index contributed by atoms with van der Waals surface area (Å²) in [4.78, 5) is 12.3. The van der Waals surface area contributed by atoms with Crippen LogP contribution in [0.2, 0.25) is 0 Å². The second kappa shape index (κ2) is 4.53. The van der Waals surface area contributed by atoms with E-state index in [1.54, 1.807) is 6.20 Å². The van der Waals surface area contributed by atoms with E-state index in [1.807, 2.05) is 6.92 Å². The van der Waals surface area contributed by atoms with Crippen LogP contribution in [0.5, 0.6) is 0 Å². The first kappa shape index (κ1) is 12.0. The summed E-state index contributed by atoms with van der Waals surface area (Å²) in [6.45, 7) is 6.12. The smallest absolute Gasteiger partial charge is 0.226 e. The topological polar surface area (TPSA) is 54.7 Å². The zero-order chi connectivity index (χ0) is 13.4. The number of oxazole rings is 1. The minimum absolute atomic E-state index is 0.661. The monoisotopic (exact) mass is 255 g/mol. The molecule has 0 saturated carbocycles. The number of H-pyrrole nitrogens is 1. The van der Waals surface area contributed by atoms with Gasteiger partial charge in [-0.1, -0.05) is 6.92 Å². The fourth-order valence-corrected chi connectivity index (χ4v) is 2.31. The molecule has 19 heavy (non-hydrogen) atoms. The number of imidazole rings is 1. The second-order valence-corrected chi connectivity index (χ2v) is 4.90. The maximum atomic E-state index is 5.58. The lowest BCUT2D eigenvalue weighted by Gasteiger charge is -1.99. The van der Waals surface area contributed by atoms with Crippen molar-refractivity contribution in [1.82, 2.24) is 15.0 Å². The summed E-state index contributed by atoms with van der Waals surface area (Å²) >= 11 is 0. The zero-order valence-corrected chi connectivity index (χ0v) is 11.4. The molecule has 98 valence electrons. The Balaban J connectivity index is 2.12. The third kappa shape index (κ3) is 2.14. The van der Waals surface area contributed by atoms with Gasteiger partial charge in [-0.15, -0.1) is 0 Å². The summed E-state index contributed by atoms with van der Waals surface area (Å²) in [5.41, 5.74) is 4.22. The molecule has 0 atom stereocenters. The SMILES string of the molecule is CCCc1nc2c(C)cc(-c3ncc(C)o3)cc2[nH]1. The maximum absolute atomic E-state index is 5.58. The number of nitrogens with one attached hydrogen (secondary N) is 1. The van der Waals surface area contributed by atoms with Crippen LogP contribution in [-0.4, -0.2) is 15.0 Å². The van der Waals surface area contributed by atoms with Crippen LogP contribution in [0.15, 0.2) is 22.7 Å². The Labute approximate surface area is 111 Å². The number of benzene rings is 1. The molecule has 1 N–H and O–H groups in total. The van der Waals surface area contributed by atoms with Gasteiger partial charge in [0, 0.05) is 12.0 Å². The van der Waals surface area contributed by atoms with Gasteiger partial charge >= 0.3 is 0 Å². The highest BCUT2D eigenvalue weighted by molar-refractivity contribution is 5.83. The number of hydrogen-bond acceptors (Lipinski definition) is 3. The predicted molar refractivity (Wildman–Crippen MR) is 75.1 cm³/mol. The summed E-state index contributed by atoms with van der Waals surface area (Å²) in [5, 5.41) is 0. The van der Waals surface area contributed by atoms with Crippen molar-refractivity contribution in [3.8, 4) is 11.5 Å². The first-order chi connectivity index (χ1) is 9.17. The van der Waals surface area contributed by atoms with Gasteiger partial charge in [-0.3, -0.25) is 0 Å². The number of fused-ring (bicyclic) bond motifs is 1. The van der Waals surface area contributed by atoms with Gasteiger partial charge in [0.1, 0.15) is 11.6 Å². The quantitative estimate of drug-likeness (QED) is 0.774. The molecule has 1 aromatic carbocycles. The van der Waals surface area contributed by atoms with E-state index >= 15 is 0 Å². The highest BCUT2D eigenvalue weighted by Gasteiger charge is 2.11. The summed E-state index contributed by atoms with van der Waals surface area (Å²) in [7, 11) is 0. The molecule has 3 aromatic rings. The Hall–Kier alpha value is -2.10. The number of aromatic amines is 1. The molecule has 0 amide bonds. The van der Waals surface area contributed by atoms with E-state index in [1.165, 1.54) is 0 Å². The average Bonchev–Trinajstić information content (AvgIpc) is 2.96. The molecule has 0 saturated heterocycles. The first-order valence-electron chi connectivity index (χ1n) is 6.59. The summed E-state index contributed by atoms with van der Waals surface area (Å²) in [6.07, 6.45) is 3.80. The molecule has 4 nitrogen and oxygen atoms in total. The van der Waals surface area contributed by atoms with Crippen LogP contribution >= 0.6 is 0 Å². The van der Waals surface area contributed by atoms with Crippen LogP contribution in [0, 0.1) is 13.8 Å². The highest BCUT2D eigenvalue weighted by Crippen LogP contribution is 2.26. The van der Waals surface area contributed by atoms with Crippen molar-refractivity contribution in [2.75, 3.05) is 0 Å². The van der Waals surface area contributed by atoms with Gasteiger partial charge in [0.25, 0.3) is 0 Å². The van der Waals surface area contributed by atoms with Gasteiger partial charge in [-0.05, 0) is 38.0 Å². The van der Waals surface area contributed by atoms with Crippen LogP contribution in [0.4, 0.5) is 0 Å². The molecule has 0 bridgehead atoms. The fraction of sp³-hybridized carbons (Fsp3) is 0.333. The summed E-state index contributed by atoms with van der Waals surface area (Å²) < 4.78 is 5.58. The normalized spacial score (nSPS) is 11.3. The molecule has 2 aromatic heterocycles. The van der Waals surface area contributed by atoms with Crippen LogP contribution < -0.4 is 0 Å². The fourth-order valence-electron chi connectivity index (χ4n) is 2.31. The van der Waals surface area contributed by atoms with E-state index in [0.29, 0.717) is 5.89 Å². The van der Waals surface area contributed by atoms with Crippen molar-refractivity contribution in [1.29, 1.82) is 0 Å². The maximum Gasteiger partial charge on any atom is 0.226 e. The van der Waals surface area contributed by atoms with Gasteiger partial charge in [0.05, 0.1) is 17.2 Å². The van der Waals surface area contributed by atoms with Gasteiger partial charge in [0.15, 0.2) is 0 Å². The molecule has 4 heteroatoms. The molecule has 0 radical (unpaired) electrons. The molecule has 0 unspecified atom stereocenters. The molecule has 2 heterocycles. The van der Waals surface area contributed by atoms with Crippen molar-refractivity contribution in [3.05, 3.63) is 35.5 Å². The zero-order valence-electron chi connectivity index (χ0n) is 11.4. The van der Waals surface area contributed by atoms with Crippen LogP contribution in [0.1, 0.15) is 30.5 Å². The third-order valence-corrected chi connectivity index (χ3v) is 3.18. The number of aromatic nitrogens is 3. The molecule has 0 fully saturated rings. The van der Waals surface area contributed by atoms with Crippen molar-refractivity contribution in [2.24, 2.45) is 0 Å². The van der Waals surface area contributed by atoms with Gasteiger partial charge in [0.2, 0.25) is 5.89 Å². The number of hydrogen-bond donors (Lipinski definition) is 1. The Morgan fingerprint density at radius 3 is 2.79 bits per heavy atom. The minimum Gasteiger partial charge on any atom is -0.441 e. The molecular weight excluding hydrogens is 238 g/mol. The van der Waals surface area contributed by atoms with E-state index < -0.39 is 0 Å². The Morgan fingerprint density at radius 1 is 1.26 bits per heavy atom. The van der Waals surface area contributed by atoms with Crippen molar-refractivity contribution in [3.63, 3.8) is 0 Å². The Morgan fingerprint density at radius 2 is 2.11 bits per heavy atom. The van der Waals surface area contributed by atoms with Crippen molar-refractivity contribution < 1.29 is 4.42 Å². The van der Waals surface area contributed by atoms with Gasteiger partial charge < -0.3 is 9.40 Å². The first-order valence-corrected chi connectivity index (χ1v) is 6.59. The standard InChI is InChI=1S/C15H17N3O/c1-4-5-13-17-12-7-11(6-9(2)14(12)18-13)15-16-8-10(3)19-15/h6-8H,4-5H2,1-3H3,(H,17,18). The third-order valence-electron chi connectivity index (χ3n) is 3.18. The molecule has 0 aliphatic heterocycles. The van der Waals surface area contributed by atoms with Crippen molar-refractivity contribution in [2.45, 2.75) is 33.6 Å². The van der Waals surface area contributed by atoms with Crippen LogP contribution in [0.3, 0.4) is 0 Å². The second-order valence-electron chi connectivity index (χ2n) is 4.90. The molecular formula is C15H17N3O.